The van der Waals surface area contributed by atoms with Crippen molar-refractivity contribution in [2.75, 3.05) is 59.7 Å². The van der Waals surface area contributed by atoms with Crippen LogP contribution < -0.4 is 10.6 Å². The number of aliphatic imine (C=N–C) groups is 1. The zero-order valence-electron chi connectivity index (χ0n) is 15.4. The van der Waals surface area contributed by atoms with Gasteiger partial charge in [0.15, 0.2) is 5.96 Å². The Morgan fingerprint density at radius 2 is 2.21 bits per heavy atom. The number of ether oxygens (including phenoxy) is 2. The van der Waals surface area contributed by atoms with Crippen molar-refractivity contribution in [2.45, 2.75) is 38.8 Å². The molecule has 2 fully saturated rings. The minimum Gasteiger partial charge on any atom is -0.396 e. The second-order valence-electron chi connectivity index (χ2n) is 7.09. The molecule has 0 saturated carbocycles. The van der Waals surface area contributed by atoms with Crippen LogP contribution in [-0.4, -0.2) is 87.8 Å². The van der Waals surface area contributed by atoms with Crippen LogP contribution in [0.5, 0.6) is 0 Å². The number of morpholine rings is 1. The molecular weight excluding hydrogens is 308 g/mol. The topological polar surface area (TPSA) is 78.4 Å². The van der Waals surface area contributed by atoms with Crippen LogP contribution in [0.1, 0.15) is 26.7 Å². The second-order valence-corrected chi connectivity index (χ2v) is 7.09. The number of hydrogen-bond acceptors (Lipinski definition) is 5. The van der Waals surface area contributed by atoms with Crippen molar-refractivity contribution in [3.63, 3.8) is 0 Å². The highest BCUT2D eigenvalue weighted by Gasteiger charge is 2.34. The third-order valence-corrected chi connectivity index (χ3v) is 5.23. The third kappa shape index (κ3) is 5.31. The van der Waals surface area contributed by atoms with Crippen LogP contribution in [-0.2, 0) is 9.47 Å². The molecule has 3 N–H and O–H groups in total. The van der Waals surface area contributed by atoms with Gasteiger partial charge in [0.1, 0.15) is 0 Å². The zero-order valence-corrected chi connectivity index (χ0v) is 15.4. The van der Waals surface area contributed by atoms with E-state index >= 15 is 0 Å². The lowest BCUT2D eigenvalue weighted by molar-refractivity contribution is -0.0174. The molecule has 24 heavy (non-hydrogen) atoms. The van der Waals surface area contributed by atoms with Gasteiger partial charge >= 0.3 is 0 Å². The molecule has 2 heterocycles. The number of guanidine groups is 1. The van der Waals surface area contributed by atoms with Gasteiger partial charge in [0.2, 0.25) is 0 Å². The molecule has 2 aliphatic heterocycles. The van der Waals surface area contributed by atoms with E-state index in [-0.39, 0.29) is 12.0 Å². The van der Waals surface area contributed by atoms with Gasteiger partial charge in [0, 0.05) is 57.4 Å². The van der Waals surface area contributed by atoms with Crippen LogP contribution in [0.15, 0.2) is 4.99 Å². The van der Waals surface area contributed by atoms with Crippen LogP contribution in [0.3, 0.4) is 0 Å². The second kappa shape index (κ2) is 9.56. The number of hydrogen-bond donors (Lipinski definition) is 3. The van der Waals surface area contributed by atoms with Crippen molar-refractivity contribution < 1.29 is 14.6 Å². The van der Waals surface area contributed by atoms with Gasteiger partial charge in [0.25, 0.3) is 0 Å². The van der Waals surface area contributed by atoms with E-state index in [0.29, 0.717) is 18.7 Å². The Bertz CT molecular complexity index is 399. The first-order chi connectivity index (χ1) is 11.6. The van der Waals surface area contributed by atoms with Crippen LogP contribution in [0, 0.1) is 5.41 Å². The first-order valence-electron chi connectivity index (χ1n) is 9.07. The average molecular weight is 342 g/mol. The Labute approximate surface area is 145 Å². The summed E-state index contributed by atoms with van der Waals surface area (Å²) in [6.45, 7) is 10.3. The molecular formula is C17H34N4O3. The molecule has 0 spiro atoms. The average Bonchev–Trinajstić information content (AvgIpc) is 3.04. The predicted molar refractivity (Wildman–Crippen MR) is 95.4 cm³/mol. The molecule has 0 aromatic carbocycles. The first kappa shape index (κ1) is 19.4. The highest BCUT2D eigenvalue weighted by molar-refractivity contribution is 5.79. The summed E-state index contributed by atoms with van der Waals surface area (Å²) in [5.41, 5.74) is 0.0245. The summed E-state index contributed by atoms with van der Waals surface area (Å²) < 4.78 is 11.0. The van der Waals surface area contributed by atoms with Gasteiger partial charge in [-0.1, -0.05) is 0 Å². The molecule has 3 atom stereocenters. The van der Waals surface area contributed by atoms with Crippen LogP contribution in [0.2, 0.25) is 0 Å². The molecule has 2 aliphatic rings. The maximum Gasteiger partial charge on any atom is 0.191 e. The zero-order chi connectivity index (χ0) is 17.4. The highest BCUT2D eigenvalue weighted by Crippen LogP contribution is 2.31. The van der Waals surface area contributed by atoms with Gasteiger partial charge in [-0.05, 0) is 26.7 Å². The molecule has 140 valence electrons. The molecule has 2 saturated heterocycles. The van der Waals surface area contributed by atoms with Gasteiger partial charge in [-0.2, -0.15) is 0 Å². The summed E-state index contributed by atoms with van der Waals surface area (Å²) in [5.74, 6) is 0.812. The molecule has 0 radical (unpaired) electrons. The van der Waals surface area contributed by atoms with Gasteiger partial charge < -0.3 is 25.2 Å². The summed E-state index contributed by atoms with van der Waals surface area (Å²) in [6.07, 6.45) is 1.75. The van der Waals surface area contributed by atoms with Crippen molar-refractivity contribution in [3.8, 4) is 0 Å². The quantitative estimate of drug-likeness (QED) is 0.448. The lowest BCUT2D eigenvalue weighted by Gasteiger charge is -2.38. The molecule has 0 aromatic heterocycles. The van der Waals surface area contributed by atoms with Crippen molar-refractivity contribution in [1.82, 2.24) is 15.5 Å². The molecule has 0 amide bonds. The van der Waals surface area contributed by atoms with Crippen molar-refractivity contribution in [2.24, 2.45) is 10.4 Å². The highest BCUT2D eigenvalue weighted by atomic mass is 16.5. The number of aliphatic hydroxyl groups excluding tert-OH is 1. The SMILES string of the molecule is CN=C(NCC(C)N1CCOCC1C)NCC1(CCO)CCOC1. The van der Waals surface area contributed by atoms with Gasteiger partial charge in [0.05, 0.1) is 19.8 Å². The number of aliphatic hydroxyl groups is 1. The van der Waals surface area contributed by atoms with Crippen LogP contribution >= 0.6 is 0 Å². The molecule has 0 aliphatic carbocycles. The lowest BCUT2D eigenvalue weighted by atomic mass is 9.84. The van der Waals surface area contributed by atoms with Crippen molar-refractivity contribution >= 4 is 5.96 Å². The molecule has 7 nitrogen and oxygen atoms in total. The van der Waals surface area contributed by atoms with E-state index in [2.05, 4.69) is 34.4 Å². The van der Waals surface area contributed by atoms with Gasteiger partial charge in [-0.25, -0.2) is 0 Å². The fourth-order valence-corrected chi connectivity index (χ4v) is 3.56. The molecule has 0 aromatic rings. The summed E-state index contributed by atoms with van der Waals surface area (Å²) >= 11 is 0. The first-order valence-corrected chi connectivity index (χ1v) is 9.07. The summed E-state index contributed by atoms with van der Waals surface area (Å²) in [6, 6.07) is 0.873. The van der Waals surface area contributed by atoms with E-state index < -0.39 is 0 Å². The maximum absolute atomic E-state index is 9.31. The van der Waals surface area contributed by atoms with Crippen LogP contribution in [0.4, 0.5) is 0 Å². The summed E-state index contributed by atoms with van der Waals surface area (Å²) in [5, 5.41) is 16.1. The molecule has 0 bridgehead atoms. The Hall–Kier alpha value is -0.890. The van der Waals surface area contributed by atoms with E-state index in [1.54, 1.807) is 7.05 Å². The van der Waals surface area contributed by atoms with E-state index in [1.807, 2.05) is 0 Å². The van der Waals surface area contributed by atoms with E-state index in [4.69, 9.17) is 9.47 Å². The molecule has 2 rings (SSSR count). The number of rotatable bonds is 7. The van der Waals surface area contributed by atoms with Gasteiger partial charge in [-0.3, -0.25) is 9.89 Å². The Morgan fingerprint density at radius 3 is 2.83 bits per heavy atom. The monoisotopic (exact) mass is 342 g/mol. The van der Waals surface area contributed by atoms with E-state index in [0.717, 1.165) is 58.3 Å². The molecule has 3 unspecified atom stereocenters. The normalized spacial score (nSPS) is 30.3. The minimum absolute atomic E-state index is 0.0245. The Kier molecular flexibility index (Phi) is 7.74. The fraction of sp³-hybridized carbons (Fsp3) is 0.941. The Morgan fingerprint density at radius 1 is 1.38 bits per heavy atom. The predicted octanol–water partition coefficient (Wildman–Crippen LogP) is 0.0497. The third-order valence-electron chi connectivity index (χ3n) is 5.23. The molecule has 7 heteroatoms. The van der Waals surface area contributed by atoms with Gasteiger partial charge in [-0.15, -0.1) is 0 Å². The smallest absolute Gasteiger partial charge is 0.191 e. The van der Waals surface area contributed by atoms with Crippen molar-refractivity contribution in [3.05, 3.63) is 0 Å². The minimum atomic E-state index is 0.0245. The summed E-state index contributed by atoms with van der Waals surface area (Å²) in [7, 11) is 1.79. The lowest BCUT2D eigenvalue weighted by Crippen LogP contribution is -2.53. The van der Waals surface area contributed by atoms with Crippen molar-refractivity contribution in [1.29, 1.82) is 0 Å². The standard InChI is InChI=1S/C17H34N4O3/c1-14(21-6-9-23-11-15(21)2)10-19-16(18-3)20-12-17(4-7-22)5-8-24-13-17/h14-15,22H,4-13H2,1-3H3,(H2,18,19,20). The fourth-order valence-electron chi connectivity index (χ4n) is 3.56. The Balaban J connectivity index is 1.77. The van der Waals surface area contributed by atoms with E-state index in [1.165, 1.54) is 0 Å². The number of nitrogens with zero attached hydrogens (tertiary/aromatic N) is 2. The number of nitrogens with one attached hydrogen (secondary N) is 2. The maximum atomic E-state index is 9.31. The van der Waals surface area contributed by atoms with E-state index in [9.17, 15) is 5.11 Å². The summed E-state index contributed by atoms with van der Waals surface area (Å²) in [4.78, 5) is 6.80. The van der Waals surface area contributed by atoms with Crippen LogP contribution in [0.25, 0.3) is 0 Å². The largest absolute Gasteiger partial charge is 0.396 e.